The Kier molecular flexibility index (Phi) is 4.66. The summed E-state index contributed by atoms with van der Waals surface area (Å²) in [7, 11) is 1.64. The third-order valence-corrected chi connectivity index (χ3v) is 2.21. The van der Waals surface area contributed by atoms with Crippen molar-refractivity contribution < 1.29 is 4.74 Å². The molecule has 0 radical (unpaired) electrons. The lowest BCUT2D eigenvalue weighted by Crippen LogP contribution is -2.26. The van der Waals surface area contributed by atoms with Gasteiger partial charge in [-0.25, -0.2) is 5.84 Å². The molecular weight excluding hydrogens is 202 g/mol. The Bertz CT molecular complexity index is 346. The zero-order chi connectivity index (χ0) is 12.0. The van der Waals surface area contributed by atoms with Crippen molar-refractivity contribution in [3.05, 3.63) is 36.0 Å². The van der Waals surface area contributed by atoms with Crippen LogP contribution in [0, 0.1) is 0 Å². The van der Waals surface area contributed by atoms with Crippen LogP contribution in [0.2, 0.25) is 0 Å². The van der Waals surface area contributed by atoms with E-state index in [2.05, 4.69) is 6.92 Å². The van der Waals surface area contributed by atoms with E-state index in [-0.39, 0.29) is 0 Å². The SMILES string of the molecule is CCCN(N)/C=C(\N)c1ccc(OC)cc1. The van der Waals surface area contributed by atoms with E-state index >= 15 is 0 Å². The normalized spacial score (nSPS) is 11.3. The summed E-state index contributed by atoms with van der Waals surface area (Å²) in [5.74, 6) is 6.55. The molecule has 1 aromatic rings. The van der Waals surface area contributed by atoms with Crippen LogP contribution < -0.4 is 16.3 Å². The highest BCUT2D eigenvalue weighted by molar-refractivity contribution is 5.62. The minimum atomic E-state index is 0.651. The molecular formula is C12H19N3O. The molecule has 0 unspecified atom stereocenters. The van der Waals surface area contributed by atoms with E-state index in [9.17, 15) is 0 Å². The van der Waals surface area contributed by atoms with Gasteiger partial charge in [-0.1, -0.05) is 6.92 Å². The summed E-state index contributed by atoms with van der Waals surface area (Å²) in [4.78, 5) is 0. The number of hydrogen-bond acceptors (Lipinski definition) is 4. The van der Waals surface area contributed by atoms with Gasteiger partial charge in [0.05, 0.1) is 12.8 Å². The maximum atomic E-state index is 5.92. The molecule has 0 saturated carbocycles. The van der Waals surface area contributed by atoms with Gasteiger partial charge in [-0.05, 0) is 36.2 Å². The van der Waals surface area contributed by atoms with Crippen LogP contribution in [0.1, 0.15) is 18.9 Å². The van der Waals surface area contributed by atoms with Gasteiger partial charge in [0, 0.05) is 12.7 Å². The summed E-state index contributed by atoms with van der Waals surface area (Å²) in [6.45, 7) is 2.86. The molecule has 4 nitrogen and oxygen atoms in total. The minimum Gasteiger partial charge on any atom is -0.497 e. The van der Waals surface area contributed by atoms with Gasteiger partial charge >= 0.3 is 0 Å². The van der Waals surface area contributed by atoms with Crippen molar-refractivity contribution in [2.45, 2.75) is 13.3 Å². The maximum Gasteiger partial charge on any atom is 0.118 e. The number of ether oxygens (including phenoxy) is 1. The molecule has 1 aromatic carbocycles. The summed E-state index contributed by atoms with van der Waals surface area (Å²) < 4.78 is 5.07. The van der Waals surface area contributed by atoms with Crippen LogP contribution in [0.15, 0.2) is 30.5 Å². The molecule has 1 rings (SSSR count). The molecule has 0 aliphatic heterocycles. The molecule has 16 heavy (non-hydrogen) atoms. The standard InChI is InChI=1S/C12H19N3O/c1-3-8-15(14)9-12(13)10-4-6-11(16-2)7-5-10/h4-7,9H,3,8,13-14H2,1-2H3/b12-9-. The van der Waals surface area contributed by atoms with Gasteiger partial charge in [0.1, 0.15) is 5.75 Å². The fourth-order valence-electron chi connectivity index (χ4n) is 1.36. The van der Waals surface area contributed by atoms with Crippen LogP contribution in [0.4, 0.5) is 0 Å². The van der Waals surface area contributed by atoms with Gasteiger partial charge < -0.3 is 15.5 Å². The van der Waals surface area contributed by atoms with Crippen molar-refractivity contribution in [3.8, 4) is 5.75 Å². The number of rotatable bonds is 5. The smallest absolute Gasteiger partial charge is 0.118 e. The molecule has 0 aromatic heterocycles. The molecule has 4 heteroatoms. The first-order chi connectivity index (χ1) is 7.67. The fourth-order valence-corrected chi connectivity index (χ4v) is 1.36. The average molecular weight is 221 g/mol. The van der Waals surface area contributed by atoms with Crippen molar-refractivity contribution in [2.24, 2.45) is 11.6 Å². The largest absolute Gasteiger partial charge is 0.497 e. The van der Waals surface area contributed by atoms with Crippen LogP contribution in [-0.4, -0.2) is 18.7 Å². The van der Waals surface area contributed by atoms with Crippen LogP contribution in [-0.2, 0) is 0 Å². The van der Waals surface area contributed by atoms with Gasteiger partial charge in [-0.2, -0.15) is 0 Å². The van der Waals surface area contributed by atoms with Crippen molar-refractivity contribution in [3.63, 3.8) is 0 Å². The van der Waals surface area contributed by atoms with E-state index in [1.54, 1.807) is 18.3 Å². The predicted molar refractivity (Wildman–Crippen MR) is 66.3 cm³/mol. The lowest BCUT2D eigenvalue weighted by Gasteiger charge is -2.13. The molecule has 0 spiro atoms. The molecule has 4 N–H and O–H groups in total. The van der Waals surface area contributed by atoms with Crippen LogP contribution >= 0.6 is 0 Å². The third-order valence-electron chi connectivity index (χ3n) is 2.21. The first-order valence-corrected chi connectivity index (χ1v) is 5.30. The van der Waals surface area contributed by atoms with Crippen LogP contribution in [0.3, 0.4) is 0 Å². The summed E-state index contributed by atoms with van der Waals surface area (Å²) in [5.41, 5.74) is 7.51. The summed E-state index contributed by atoms with van der Waals surface area (Å²) in [6, 6.07) is 7.56. The molecule has 0 aliphatic carbocycles. The second-order valence-corrected chi connectivity index (χ2v) is 3.55. The Morgan fingerprint density at radius 3 is 2.50 bits per heavy atom. The molecule has 0 heterocycles. The van der Waals surface area contributed by atoms with E-state index in [4.69, 9.17) is 16.3 Å². The fraction of sp³-hybridized carbons (Fsp3) is 0.333. The number of hydrazine groups is 1. The average Bonchev–Trinajstić information content (AvgIpc) is 2.29. The number of nitrogens with two attached hydrogens (primary N) is 2. The van der Waals surface area contributed by atoms with Crippen LogP contribution in [0.5, 0.6) is 5.75 Å². The third kappa shape index (κ3) is 3.47. The van der Waals surface area contributed by atoms with Crippen molar-refractivity contribution in [1.29, 1.82) is 0 Å². The predicted octanol–water partition coefficient (Wildman–Crippen LogP) is 1.54. The van der Waals surface area contributed by atoms with Gasteiger partial charge in [0.25, 0.3) is 0 Å². The Hall–Kier alpha value is -1.68. The zero-order valence-electron chi connectivity index (χ0n) is 9.81. The monoisotopic (exact) mass is 221 g/mol. The molecule has 0 amide bonds. The summed E-state index contributed by atoms with van der Waals surface area (Å²) in [5, 5.41) is 1.60. The summed E-state index contributed by atoms with van der Waals surface area (Å²) >= 11 is 0. The molecule has 0 aliphatic rings. The molecule has 0 fully saturated rings. The second kappa shape index (κ2) is 6.02. The first kappa shape index (κ1) is 12.4. The number of methoxy groups -OCH3 is 1. The van der Waals surface area contributed by atoms with Crippen molar-refractivity contribution in [1.82, 2.24) is 5.01 Å². The van der Waals surface area contributed by atoms with Gasteiger partial charge in [0.2, 0.25) is 0 Å². The highest BCUT2D eigenvalue weighted by Gasteiger charge is 1.99. The Balaban J connectivity index is 2.75. The Morgan fingerprint density at radius 2 is 2.00 bits per heavy atom. The van der Waals surface area contributed by atoms with Crippen LogP contribution in [0.25, 0.3) is 5.70 Å². The van der Waals surface area contributed by atoms with Gasteiger partial charge in [0.15, 0.2) is 0 Å². The highest BCUT2D eigenvalue weighted by Crippen LogP contribution is 2.15. The molecule has 0 atom stereocenters. The van der Waals surface area contributed by atoms with Gasteiger partial charge in [-0.15, -0.1) is 0 Å². The number of hydrogen-bond donors (Lipinski definition) is 2. The lowest BCUT2D eigenvalue weighted by atomic mass is 10.1. The van der Waals surface area contributed by atoms with E-state index in [0.29, 0.717) is 5.70 Å². The van der Waals surface area contributed by atoms with E-state index in [0.717, 1.165) is 24.3 Å². The molecule has 0 saturated heterocycles. The number of benzene rings is 1. The quantitative estimate of drug-likeness (QED) is 0.584. The Morgan fingerprint density at radius 1 is 1.38 bits per heavy atom. The lowest BCUT2D eigenvalue weighted by molar-refractivity contribution is 0.394. The Labute approximate surface area is 96.5 Å². The van der Waals surface area contributed by atoms with Gasteiger partial charge in [-0.3, -0.25) is 0 Å². The minimum absolute atomic E-state index is 0.651. The first-order valence-electron chi connectivity index (χ1n) is 5.30. The van der Waals surface area contributed by atoms with E-state index in [1.165, 1.54) is 0 Å². The number of nitrogens with zero attached hydrogens (tertiary/aromatic N) is 1. The maximum absolute atomic E-state index is 5.92. The van der Waals surface area contributed by atoms with Crippen molar-refractivity contribution in [2.75, 3.05) is 13.7 Å². The van der Waals surface area contributed by atoms with Crippen molar-refractivity contribution >= 4 is 5.70 Å². The molecule has 88 valence electrons. The zero-order valence-corrected chi connectivity index (χ0v) is 9.81. The molecule has 0 bridgehead atoms. The topological polar surface area (TPSA) is 64.5 Å². The van der Waals surface area contributed by atoms with E-state index < -0.39 is 0 Å². The highest BCUT2D eigenvalue weighted by atomic mass is 16.5. The summed E-state index contributed by atoms with van der Waals surface area (Å²) in [6.07, 6.45) is 2.73. The second-order valence-electron chi connectivity index (χ2n) is 3.55. The van der Waals surface area contributed by atoms with E-state index in [1.807, 2.05) is 24.3 Å².